The molecule has 1 aromatic rings. The number of allylic oxidation sites excluding steroid dienone is 2. The largest absolute Gasteiger partial charge is 0.481 e. The zero-order valence-electron chi connectivity index (χ0n) is 17.7. The van der Waals surface area contributed by atoms with E-state index in [0.29, 0.717) is 30.1 Å². The van der Waals surface area contributed by atoms with Crippen molar-refractivity contribution in [3.63, 3.8) is 0 Å². The van der Waals surface area contributed by atoms with Crippen LogP contribution in [0.1, 0.15) is 58.3 Å². The number of amides is 2. The summed E-state index contributed by atoms with van der Waals surface area (Å²) in [6, 6.07) is 9.02. The minimum Gasteiger partial charge on any atom is -0.481 e. The third kappa shape index (κ3) is 6.18. The molecule has 3 N–H and O–H groups in total. The van der Waals surface area contributed by atoms with Gasteiger partial charge < -0.3 is 10.4 Å². The minimum absolute atomic E-state index is 0.226. The summed E-state index contributed by atoms with van der Waals surface area (Å²) in [5, 5.41) is 16.0. The van der Waals surface area contributed by atoms with Gasteiger partial charge in [0.1, 0.15) is 0 Å². The molecule has 6 heteroatoms. The number of benzene rings is 1. The van der Waals surface area contributed by atoms with Crippen LogP contribution in [0.4, 0.5) is 10.5 Å². The van der Waals surface area contributed by atoms with Crippen LogP contribution in [0.3, 0.4) is 0 Å². The molecule has 3 saturated carbocycles. The second-order valence-electron chi connectivity index (χ2n) is 8.54. The molecule has 2 unspecified atom stereocenters. The van der Waals surface area contributed by atoms with Crippen molar-refractivity contribution in [3.05, 3.63) is 42.5 Å². The number of urea groups is 1. The van der Waals surface area contributed by atoms with Crippen LogP contribution < -0.4 is 10.7 Å². The van der Waals surface area contributed by atoms with Crippen molar-refractivity contribution >= 4 is 23.4 Å². The fraction of sp³-hybridized carbons (Fsp3) is 0.542. The van der Waals surface area contributed by atoms with Crippen LogP contribution in [0.2, 0.25) is 0 Å². The minimum atomic E-state index is -0.733. The Morgan fingerprint density at radius 1 is 1.10 bits per heavy atom. The number of carbonyl (C=O) groups is 2. The molecular formula is C24H33N3O3. The number of aliphatic carboxylic acids is 1. The Kier molecular flexibility index (Phi) is 8.05. The van der Waals surface area contributed by atoms with Crippen LogP contribution in [0.25, 0.3) is 0 Å². The molecule has 2 atom stereocenters. The van der Waals surface area contributed by atoms with Gasteiger partial charge in [0.25, 0.3) is 0 Å². The van der Waals surface area contributed by atoms with Crippen molar-refractivity contribution in [3.8, 4) is 0 Å². The summed E-state index contributed by atoms with van der Waals surface area (Å²) < 4.78 is 0. The van der Waals surface area contributed by atoms with Gasteiger partial charge in [-0.15, -0.1) is 0 Å². The lowest BCUT2D eigenvalue weighted by Crippen LogP contribution is -2.43. The topological polar surface area (TPSA) is 90.8 Å². The van der Waals surface area contributed by atoms with E-state index in [4.69, 9.17) is 5.11 Å². The smallest absolute Gasteiger partial charge is 0.339 e. The third-order valence-electron chi connectivity index (χ3n) is 6.58. The molecule has 3 fully saturated rings. The molecule has 0 aliphatic heterocycles. The number of nitrogens with zero attached hydrogens (tertiary/aromatic N) is 1. The number of carboxylic acids is 1. The van der Waals surface area contributed by atoms with Crippen molar-refractivity contribution < 1.29 is 14.7 Å². The Hall–Kier alpha value is -2.63. The highest BCUT2D eigenvalue weighted by Crippen LogP contribution is 2.50. The molecule has 2 bridgehead atoms. The number of fused-ring (bicyclic) bond motifs is 3. The second kappa shape index (κ2) is 11.0. The first-order valence-electron chi connectivity index (χ1n) is 11.1. The van der Waals surface area contributed by atoms with Gasteiger partial charge in [0.05, 0.1) is 0 Å². The van der Waals surface area contributed by atoms with Crippen LogP contribution in [-0.4, -0.2) is 22.8 Å². The summed E-state index contributed by atoms with van der Waals surface area (Å²) in [6.45, 7) is 2.04. The van der Waals surface area contributed by atoms with E-state index in [0.717, 1.165) is 24.2 Å². The maximum atomic E-state index is 12.2. The van der Waals surface area contributed by atoms with Crippen molar-refractivity contribution in [2.24, 2.45) is 28.8 Å². The molecule has 0 radical (unpaired) electrons. The Bertz CT molecular complexity index is 767. The SMILES string of the molecule is CC(=NNC(=O)Nc1ccccc1)C1C(C/C=C\CCCC(=O)O)[C@H]2CC[C@H]1CC2. The van der Waals surface area contributed by atoms with Gasteiger partial charge in [-0.25, -0.2) is 10.2 Å². The zero-order chi connectivity index (χ0) is 21.3. The van der Waals surface area contributed by atoms with E-state index in [-0.39, 0.29) is 12.5 Å². The summed E-state index contributed by atoms with van der Waals surface area (Å²) in [7, 11) is 0. The first-order chi connectivity index (χ1) is 14.5. The average Bonchev–Trinajstić information content (AvgIpc) is 2.75. The van der Waals surface area contributed by atoms with E-state index >= 15 is 0 Å². The molecule has 3 aliphatic carbocycles. The molecule has 0 saturated heterocycles. The summed E-state index contributed by atoms with van der Waals surface area (Å²) >= 11 is 0. The molecule has 0 heterocycles. The maximum Gasteiger partial charge on any atom is 0.339 e. The molecule has 162 valence electrons. The van der Waals surface area contributed by atoms with Crippen molar-refractivity contribution in [2.45, 2.75) is 58.3 Å². The second-order valence-corrected chi connectivity index (χ2v) is 8.54. The number of anilines is 1. The summed E-state index contributed by atoms with van der Waals surface area (Å²) in [5.41, 5.74) is 4.42. The number of para-hydroxylation sites is 1. The summed E-state index contributed by atoms with van der Waals surface area (Å²) in [5.74, 6) is 1.58. The van der Waals surface area contributed by atoms with Crippen LogP contribution in [-0.2, 0) is 4.79 Å². The van der Waals surface area contributed by atoms with Crippen LogP contribution in [0.5, 0.6) is 0 Å². The Morgan fingerprint density at radius 2 is 1.80 bits per heavy atom. The van der Waals surface area contributed by atoms with E-state index in [9.17, 15) is 9.59 Å². The van der Waals surface area contributed by atoms with E-state index in [2.05, 4.69) is 28.0 Å². The number of hydrogen-bond acceptors (Lipinski definition) is 3. The Balaban J connectivity index is 1.56. The Morgan fingerprint density at radius 3 is 2.50 bits per heavy atom. The number of unbranched alkanes of at least 4 members (excludes halogenated alkanes) is 1. The number of hydrogen-bond donors (Lipinski definition) is 3. The number of nitrogens with one attached hydrogen (secondary N) is 2. The van der Waals surface area contributed by atoms with Crippen LogP contribution in [0.15, 0.2) is 47.6 Å². The number of rotatable bonds is 9. The molecule has 1 aromatic carbocycles. The molecule has 3 aliphatic rings. The molecule has 2 amide bonds. The zero-order valence-corrected chi connectivity index (χ0v) is 17.7. The number of hydrazone groups is 1. The van der Waals surface area contributed by atoms with E-state index in [1.54, 1.807) is 0 Å². The molecule has 4 rings (SSSR count). The first kappa shape index (κ1) is 22.1. The predicted molar refractivity (Wildman–Crippen MR) is 119 cm³/mol. The monoisotopic (exact) mass is 411 g/mol. The van der Waals surface area contributed by atoms with Gasteiger partial charge in [0, 0.05) is 23.7 Å². The Labute approximate surface area is 178 Å². The average molecular weight is 412 g/mol. The predicted octanol–water partition coefficient (Wildman–Crippen LogP) is 5.44. The number of carboxylic acid groups (broad SMARTS) is 1. The fourth-order valence-electron chi connectivity index (χ4n) is 5.20. The van der Waals surface area contributed by atoms with Gasteiger partial charge in [-0.05, 0) is 81.8 Å². The lowest BCUT2D eigenvalue weighted by atomic mass is 9.56. The number of carbonyl (C=O) groups excluding carboxylic acids is 1. The fourth-order valence-corrected chi connectivity index (χ4v) is 5.20. The highest BCUT2D eigenvalue weighted by Gasteiger charge is 2.44. The van der Waals surface area contributed by atoms with Crippen molar-refractivity contribution in [1.29, 1.82) is 0 Å². The van der Waals surface area contributed by atoms with E-state index in [1.807, 2.05) is 37.3 Å². The van der Waals surface area contributed by atoms with Crippen LogP contribution in [0, 0.1) is 23.7 Å². The van der Waals surface area contributed by atoms with Crippen molar-refractivity contribution in [2.75, 3.05) is 5.32 Å². The van der Waals surface area contributed by atoms with Gasteiger partial charge in [-0.2, -0.15) is 5.10 Å². The van der Waals surface area contributed by atoms with Crippen molar-refractivity contribution in [1.82, 2.24) is 5.43 Å². The normalized spacial score (nSPS) is 26.0. The summed E-state index contributed by atoms with van der Waals surface area (Å²) in [6.07, 6.45) is 12.1. The van der Waals surface area contributed by atoms with Gasteiger partial charge in [0.2, 0.25) is 0 Å². The third-order valence-corrected chi connectivity index (χ3v) is 6.58. The van der Waals surface area contributed by atoms with Gasteiger partial charge in [-0.3, -0.25) is 4.79 Å². The van der Waals surface area contributed by atoms with Gasteiger partial charge >= 0.3 is 12.0 Å². The van der Waals surface area contributed by atoms with Gasteiger partial charge in [0.15, 0.2) is 0 Å². The van der Waals surface area contributed by atoms with E-state index in [1.165, 1.54) is 25.7 Å². The van der Waals surface area contributed by atoms with Crippen LogP contribution >= 0.6 is 0 Å². The summed E-state index contributed by atoms with van der Waals surface area (Å²) in [4.78, 5) is 22.8. The van der Waals surface area contributed by atoms with Gasteiger partial charge in [-0.1, -0.05) is 30.4 Å². The molecule has 30 heavy (non-hydrogen) atoms. The molecule has 0 spiro atoms. The van der Waals surface area contributed by atoms with E-state index < -0.39 is 5.97 Å². The maximum absolute atomic E-state index is 12.2. The molecule has 6 nitrogen and oxygen atoms in total. The first-order valence-corrected chi connectivity index (χ1v) is 11.1. The lowest BCUT2D eigenvalue weighted by Gasteiger charge is -2.48. The quantitative estimate of drug-likeness (QED) is 0.219. The standard InChI is InChI=1S/C24H33N3O3/c1-17(26-27-24(30)25-20-9-5-4-6-10-20)23-19-15-13-18(14-16-19)21(23)11-7-2-3-8-12-22(28)29/h2,4-7,9-10,18-19,21,23H,3,8,11-16H2,1H3,(H,28,29)(H2,25,27,30)/b7-2-,26-17?/t18-,19-,21?,23?. The highest BCUT2D eigenvalue weighted by atomic mass is 16.4. The lowest BCUT2D eigenvalue weighted by molar-refractivity contribution is -0.137. The molecular weight excluding hydrogens is 378 g/mol. The highest BCUT2D eigenvalue weighted by molar-refractivity contribution is 5.91. The molecule has 0 aromatic heterocycles.